The molecular formula is C20H12F3NO2. The molecule has 0 bridgehead atoms. The lowest BCUT2D eigenvalue weighted by molar-refractivity contribution is -0.274. The van der Waals surface area contributed by atoms with E-state index in [2.05, 4.69) is 4.74 Å². The van der Waals surface area contributed by atoms with Gasteiger partial charge in [-0.1, -0.05) is 36.4 Å². The second-order valence-electron chi connectivity index (χ2n) is 5.76. The number of aromatic nitrogens is 1. The van der Waals surface area contributed by atoms with Crippen molar-refractivity contribution in [1.29, 1.82) is 0 Å². The number of nitrogens with zero attached hydrogens (tertiary/aromatic N) is 1. The second kappa shape index (κ2) is 5.91. The van der Waals surface area contributed by atoms with Crippen molar-refractivity contribution in [3.63, 3.8) is 0 Å². The predicted molar refractivity (Wildman–Crippen MR) is 92.9 cm³/mol. The minimum atomic E-state index is -4.88. The molecule has 0 aliphatic heterocycles. The van der Waals surface area contributed by atoms with Crippen LogP contribution in [-0.4, -0.2) is 17.2 Å². The number of hydrogen-bond donors (Lipinski definition) is 0. The maximum Gasteiger partial charge on any atom is 0.573 e. The largest absolute Gasteiger partial charge is 0.573 e. The molecule has 0 radical (unpaired) electrons. The molecule has 0 spiro atoms. The zero-order valence-electron chi connectivity index (χ0n) is 13.3. The first-order valence-electron chi connectivity index (χ1n) is 7.81. The number of hydrogen-bond acceptors (Lipinski definition) is 2. The molecule has 0 saturated carbocycles. The Balaban J connectivity index is 2.01. The smallest absolute Gasteiger partial charge is 0.405 e. The van der Waals surface area contributed by atoms with Crippen LogP contribution < -0.4 is 4.74 Å². The summed E-state index contributed by atoms with van der Waals surface area (Å²) in [6.45, 7) is 0. The number of aldehydes is 1. The fourth-order valence-electron chi connectivity index (χ4n) is 3.17. The van der Waals surface area contributed by atoms with Gasteiger partial charge in [0.2, 0.25) is 0 Å². The molecule has 3 aromatic carbocycles. The zero-order valence-corrected chi connectivity index (χ0v) is 13.3. The Kier molecular flexibility index (Phi) is 3.68. The Labute approximate surface area is 146 Å². The Morgan fingerprint density at radius 3 is 1.96 bits per heavy atom. The first-order valence-corrected chi connectivity index (χ1v) is 7.81. The Morgan fingerprint density at radius 1 is 0.846 bits per heavy atom. The highest BCUT2D eigenvalue weighted by Gasteiger charge is 2.32. The molecule has 1 heterocycles. The van der Waals surface area contributed by atoms with Gasteiger partial charge >= 0.3 is 6.36 Å². The molecule has 0 N–H and O–H groups in total. The number of fused-ring (bicyclic) bond motifs is 3. The third kappa shape index (κ3) is 2.69. The fourth-order valence-corrected chi connectivity index (χ4v) is 3.17. The molecule has 0 atom stereocenters. The highest BCUT2D eigenvalue weighted by atomic mass is 19.4. The van der Waals surface area contributed by atoms with Crippen LogP contribution in [0, 0.1) is 0 Å². The molecular weight excluding hydrogens is 343 g/mol. The maximum atomic E-state index is 12.7. The van der Waals surface area contributed by atoms with Crippen LogP contribution in [-0.2, 0) is 0 Å². The van der Waals surface area contributed by atoms with Crippen LogP contribution in [0.1, 0.15) is 10.4 Å². The Morgan fingerprint density at radius 2 is 1.42 bits per heavy atom. The summed E-state index contributed by atoms with van der Waals surface area (Å²) in [5.74, 6) is -0.521. The highest BCUT2D eigenvalue weighted by molar-refractivity contribution is 6.09. The van der Waals surface area contributed by atoms with E-state index in [-0.39, 0.29) is 5.56 Å². The van der Waals surface area contributed by atoms with E-state index >= 15 is 0 Å². The molecule has 0 fully saturated rings. The quantitative estimate of drug-likeness (QED) is 0.455. The van der Waals surface area contributed by atoms with Gasteiger partial charge < -0.3 is 9.30 Å². The topological polar surface area (TPSA) is 31.2 Å². The summed E-state index contributed by atoms with van der Waals surface area (Å²) in [7, 11) is 0. The highest BCUT2D eigenvalue weighted by Crippen LogP contribution is 2.34. The third-order valence-corrected chi connectivity index (χ3v) is 4.19. The minimum Gasteiger partial charge on any atom is -0.405 e. The van der Waals surface area contributed by atoms with E-state index in [0.717, 1.165) is 21.8 Å². The number of rotatable bonds is 3. The normalized spacial score (nSPS) is 11.8. The van der Waals surface area contributed by atoms with Crippen LogP contribution in [0.2, 0.25) is 0 Å². The van der Waals surface area contributed by atoms with Crippen molar-refractivity contribution in [3.05, 3.63) is 72.3 Å². The number of halogens is 3. The molecule has 0 amide bonds. The average molecular weight is 355 g/mol. The van der Waals surface area contributed by atoms with E-state index in [1.165, 1.54) is 12.1 Å². The first kappa shape index (κ1) is 16.2. The van der Waals surface area contributed by atoms with Gasteiger partial charge in [0.25, 0.3) is 0 Å². The average Bonchev–Trinajstić information content (AvgIpc) is 2.95. The van der Waals surface area contributed by atoms with Crippen LogP contribution in [0.15, 0.2) is 66.7 Å². The summed E-state index contributed by atoms with van der Waals surface area (Å²) in [5.41, 5.74) is 2.02. The molecule has 130 valence electrons. The van der Waals surface area contributed by atoms with E-state index in [0.29, 0.717) is 12.0 Å². The van der Waals surface area contributed by atoms with Crippen molar-refractivity contribution in [1.82, 2.24) is 4.57 Å². The van der Waals surface area contributed by atoms with Gasteiger partial charge in [-0.05, 0) is 24.3 Å². The van der Waals surface area contributed by atoms with Gasteiger partial charge in [0.05, 0.1) is 16.6 Å². The van der Waals surface area contributed by atoms with Gasteiger partial charge in [0.15, 0.2) is 6.29 Å². The van der Waals surface area contributed by atoms with Crippen molar-refractivity contribution in [2.24, 2.45) is 0 Å². The van der Waals surface area contributed by atoms with Crippen molar-refractivity contribution in [2.75, 3.05) is 0 Å². The van der Waals surface area contributed by atoms with E-state index < -0.39 is 12.1 Å². The fraction of sp³-hybridized carbons (Fsp3) is 0.0500. The van der Waals surface area contributed by atoms with Crippen LogP contribution in [0.5, 0.6) is 5.75 Å². The monoisotopic (exact) mass is 355 g/mol. The van der Waals surface area contributed by atoms with Crippen LogP contribution in [0.4, 0.5) is 13.2 Å². The van der Waals surface area contributed by atoms with Gasteiger partial charge in [-0.25, -0.2) is 0 Å². The van der Waals surface area contributed by atoms with Crippen LogP contribution >= 0.6 is 0 Å². The lowest BCUT2D eigenvalue weighted by Gasteiger charge is -2.14. The van der Waals surface area contributed by atoms with E-state index in [9.17, 15) is 18.0 Å². The molecule has 0 aliphatic carbocycles. The lowest BCUT2D eigenvalue weighted by atomic mass is 10.2. The molecule has 3 nitrogen and oxygen atoms in total. The zero-order chi connectivity index (χ0) is 18.3. The number of alkyl halides is 3. The van der Waals surface area contributed by atoms with Crippen LogP contribution in [0.3, 0.4) is 0 Å². The molecule has 1 aromatic heterocycles. The molecule has 6 heteroatoms. The summed E-state index contributed by atoms with van der Waals surface area (Å²) in [6, 6.07) is 19.4. The molecule has 4 aromatic rings. The summed E-state index contributed by atoms with van der Waals surface area (Å²) in [5, 5.41) is 1.97. The summed E-state index contributed by atoms with van der Waals surface area (Å²) < 4.78 is 44.0. The van der Waals surface area contributed by atoms with Gasteiger partial charge in [0, 0.05) is 22.5 Å². The number of carbonyl (C=O) groups is 1. The third-order valence-electron chi connectivity index (χ3n) is 4.19. The number of benzene rings is 3. The summed E-state index contributed by atoms with van der Waals surface area (Å²) in [6.07, 6.45) is -4.53. The maximum absolute atomic E-state index is 12.7. The standard InChI is InChI=1S/C20H12F3NO2/c21-20(22,23)26-19-11-14(10-9-13(19)12-25)24-17-7-3-1-5-15(17)16-6-2-4-8-18(16)24/h1-12H. The predicted octanol–water partition coefficient (Wildman–Crippen LogP) is 5.49. The van der Waals surface area contributed by atoms with Gasteiger partial charge in [-0.15, -0.1) is 13.2 Å². The number of carbonyl (C=O) groups excluding carboxylic acids is 1. The lowest BCUT2D eigenvalue weighted by Crippen LogP contribution is -2.18. The van der Waals surface area contributed by atoms with E-state index in [1.807, 2.05) is 53.1 Å². The molecule has 26 heavy (non-hydrogen) atoms. The van der Waals surface area contributed by atoms with Crippen LogP contribution in [0.25, 0.3) is 27.5 Å². The number of ether oxygens (including phenoxy) is 1. The van der Waals surface area contributed by atoms with Gasteiger partial charge in [0.1, 0.15) is 5.75 Å². The van der Waals surface area contributed by atoms with Crippen molar-refractivity contribution in [2.45, 2.75) is 6.36 Å². The van der Waals surface area contributed by atoms with Crippen molar-refractivity contribution >= 4 is 28.1 Å². The van der Waals surface area contributed by atoms with Gasteiger partial charge in [-0.2, -0.15) is 0 Å². The Bertz CT molecular complexity index is 1080. The van der Waals surface area contributed by atoms with Crippen molar-refractivity contribution in [3.8, 4) is 11.4 Å². The second-order valence-corrected chi connectivity index (χ2v) is 5.76. The molecule has 0 unspecified atom stereocenters. The molecule has 4 rings (SSSR count). The number of para-hydroxylation sites is 2. The van der Waals surface area contributed by atoms with E-state index in [1.54, 1.807) is 6.07 Å². The Hall–Kier alpha value is -3.28. The van der Waals surface area contributed by atoms with E-state index in [4.69, 9.17) is 0 Å². The molecule has 0 aliphatic rings. The van der Waals surface area contributed by atoms with Gasteiger partial charge in [-0.3, -0.25) is 4.79 Å². The minimum absolute atomic E-state index is 0.160. The summed E-state index contributed by atoms with van der Waals surface area (Å²) in [4.78, 5) is 11.1. The van der Waals surface area contributed by atoms with Crippen molar-refractivity contribution < 1.29 is 22.7 Å². The SMILES string of the molecule is O=Cc1ccc(-n2c3ccccc3c3ccccc32)cc1OC(F)(F)F. The first-order chi connectivity index (χ1) is 12.5. The summed E-state index contributed by atoms with van der Waals surface area (Å²) >= 11 is 0. The molecule has 0 saturated heterocycles.